The van der Waals surface area contributed by atoms with Crippen molar-refractivity contribution in [2.24, 2.45) is 0 Å². The molecule has 21 heavy (non-hydrogen) atoms. The molecule has 5 nitrogen and oxygen atoms in total. The number of carboxylic acids is 1. The Labute approximate surface area is 123 Å². The number of hydrogen-bond acceptors (Lipinski definition) is 4. The SMILES string of the molecule is CS(=O)(=O)c1ccc(NCc2ccc(C(=O)O)cc2)cc1. The van der Waals surface area contributed by atoms with Crippen LogP contribution in [-0.4, -0.2) is 25.7 Å². The van der Waals surface area contributed by atoms with Gasteiger partial charge in [-0.05, 0) is 42.0 Å². The van der Waals surface area contributed by atoms with Crippen LogP contribution in [0.15, 0.2) is 53.4 Å². The summed E-state index contributed by atoms with van der Waals surface area (Å²) in [6, 6.07) is 13.1. The second-order valence-corrected chi connectivity index (χ2v) is 6.67. The van der Waals surface area contributed by atoms with Crippen LogP contribution in [0.4, 0.5) is 5.69 Å². The molecule has 0 unspecified atom stereocenters. The highest BCUT2D eigenvalue weighted by atomic mass is 32.2. The number of aromatic carboxylic acids is 1. The highest BCUT2D eigenvalue weighted by Crippen LogP contribution is 2.15. The number of anilines is 1. The minimum absolute atomic E-state index is 0.247. The molecule has 0 amide bonds. The fraction of sp³-hybridized carbons (Fsp3) is 0.133. The lowest BCUT2D eigenvalue weighted by Gasteiger charge is -2.07. The number of sulfone groups is 1. The summed E-state index contributed by atoms with van der Waals surface area (Å²) in [5.41, 5.74) is 1.98. The molecule has 0 saturated heterocycles. The normalized spacial score (nSPS) is 11.1. The van der Waals surface area contributed by atoms with Gasteiger partial charge in [0.1, 0.15) is 0 Å². The van der Waals surface area contributed by atoms with Crippen LogP contribution < -0.4 is 5.32 Å². The van der Waals surface area contributed by atoms with E-state index >= 15 is 0 Å². The van der Waals surface area contributed by atoms with E-state index in [1.54, 1.807) is 48.5 Å². The Kier molecular flexibility index (Phi) is 4.28. The Hall–Kier alpha value is -2.34. The number of nitrogens with one attached hydrogen (secondary N) is 1. The number of hydrogen-bond donors (Lipinski definition) is 2. The summed E-state index contributed by atoms with van der Waals surface area (Å²) in [4.78, 5) is 11.0. The number of carbonyl (C=O) groups is 1. The predicted molar refractivity (Wildman–Crippen MR) is 80.3 cm³/mol. The first-order valence-corrected chi connectivity index (χ1v) is 8.11. The summed E-state index contributed by atoms with van der Waals surface area (Å²) in [7, 11) is -3.18. The molecule has 0 saturated carbocycles. The molecule has 0 bridgehead atoms. The molecule has 0 fully saturated rings. The third-order valence-corrected chi connectivity index (χ3v) is 4.11. The summed E-state index contributed by atoms with van der Waals surface area (Å²) in [5.74, 6) is -0.953. The van der Waals surface area contributed by atoms with Gasteiger partial charge in [-0.3, -0.25) is 0 Å². The van der Waals surface area contributed by atoms with E-state index in [0.29, 0.717) is 6.54 Å². The maximum absolute atomic E-state index is 11.3. The van der Waals surface area contributed by atoms with Gasteiger partial charge in [0, 0.05) is 18.5 Å². The predicted octanol–water partition coefficient (Wildman–Crippen LogP) is 2.40. The molecule has 2 N–H and O–H groups in total. The van der Waals surface area contributed by atoms with Gasteiger partial charge >= 0.3 is 5.97 Å². The van der Waals surface area contributed by atoms with Crippen LogP contribution in [0.2, 0.25) is 0 Å². The summed E-state index contributed by atoms with van der Waals surface area (Å²) in [6.45, 7) is 0.526. The first-order chi connectivity index (χ1) is 9.86. The van der Waals surface area contributed by atoms with Crippen molar-refractivity contribution in [2.75, 3.05) is 11.6 Å². The van der Waals surface area contributed by atoms with Crippen molar-refractivity contribution in [3.8, 4) is 0 Å². The second kappa shape index (κ2) is 5.97. The van der Waals surface area contributed by atoms with Crippen LogP contribution >= 0.6 is 0 Å². The quantitative estimate of drug-likeness (QED) is 0.886. The van der Waals surface area contributed by atoms with Crippen LogP contribution in [0.3, 0.4) is 0 Å². The topological polar surface area (TPSA) is 83.5 Å². The van der Waals surface area contributed by atoms with Crippen LogP contribution in [0.1, 0.15) is 15.9 Å². The molecule has 2 aromatic rings. The third kappa shape index (κ3) is 4.06. The smallest absolute Gasteiger partial charge is 0.335 e. The van der Waals surface area contributed by atoms with Gasteiger partial charge in [-0.15, -0.1) is 0 Å². The molecule has 0 aromatic heterocycles. The van der Waals surface area contributed by atoms with E-state index in [4.69, 9.17) is 5.11 Å². The van der Waals surface area contributed by atoms with E-state index in [-0.39, 0.29) is 10.5 Å². The van der Waals surface area contributed by atoms with Crippen LogP contribution in [-0.2, 0) is 16.4 Å². The number of carboxylic acid groups (broad SMARTS) is 1. The maximum atomic E-state index is 11.3. The molecule has 2 aromatic carbocycles. The van der Waals surface area contributed by atoms with E-state index < -0.39 is 15.8 Å². The molecule has 0 aliphatic heterocycles. The molecule has 6 heteroatoms. The molecular weight excluding hydrogens is 290 g/mol. The first kappa shape index (κ1) is 15.1. The fourth-order valence-electron chi connectivity index (χ4n) is 1.79. The molecule has 0 aliphatic rings. The molecule has 0 aliphatic carbocycles. The minimum atomic E-state index is -3.18. The molecule has 0 heterocycles. The molecule has 2 rings (SSSR count). The van der Waals surface area contributed by atoms with E-state index in [1.165, 1.54) is 6.26 Å². The van der Waals surface area contributed by atoms with Gasteiger partial charge in [-0.25, -0.2) is 13.2 Å². The van der Waals surface area contributed by atoms with Gasteiger partial charge in [-0.2, -0.15) is 0 Å². The highest BCUT2D eigenvalue weighted by molar-refractivity contribution is 7.90. The summed E-state index contributed by atoms with van der Waals surface area (Å²) in [6.07, 6.45) is 1.17. The van der Waals surface area contributed by atoms with E-state index in [0.717, 1.165) is 11.3 Å². The first-order valence-electron chi connectivity index (χ1n) is 6.22. The van der Waals surface area contributed by atoms with E-state index in [1.807, 2.05) is 0 Å². The lowest BCUT2D eigenvalue weighted by atomic mass is 10.1. The van der Waals surface area contributed by atoms with E-state index in [9.17, 15) is 13.2 Å². The van der Waals surface area contributed by atoms with Gasteiger partial charge in [-0.1, -0.05) is 12.1 Å². The lowest BCUT2D eigenvalue weighted by Crippen LogP contribution is -2.02. The van der Waals surface area contributed by atoms with Crippen molar-refractivity contribution in [1.29, 1.82) is 0 Å². The van der Waals surface area contributed by atoms with Gasteiger partial charge in [0.25, 0.3) is 0 Å². The van der Waals surface area contributed by atoms with Gasteiger partial charge in [0.05, 0.1) is 10.5 Å². The molecular formula is C15H15NO4S. The number of rotatable bonds is 5. The Morgan fingerprint density at radius 1 is 1.05 bits per heavy atom. The average Bonchev–Trinajstić information content (AvgIpc) is 2.45. The second-order valence-electron chi connectivity index (χ2n) is 4.65. The van der Waals surface area contributed by atoms with Crippen molar-refractivity contribution in [3.63, 3.8) is 0 Å². The zero-order valence-corrected chi connectivity index (χ0v) is 12.2. The largest absolute Gasteiger partial charge is 0.478 e. The Bertz CT molecular complexity index is 734. The zero-order chi connectivity index (χ0) is 15.5. The average molecular weight is 305 g/mol. The van der Waals surface area contributed by atoms with Gasteiger partial charge in [0.2, 0.25) is 0 Å². The number of benzene rings is 2. The molecule has 0 radical (unpaired) electrons. The molecule has 0 atom stereocenters. The third-order valence-electron chi connectivity index (χ3n) is 2.98. The Morgan fingerprint density at radius 2 is 1.62 bits per heavy atom. The van der Waals surface area contributed by atoms with Crippen LogP contribution in [0, 0.1) is 0 Å². The minimum Gasteiger partial charge on any atom is -0.478 e. The molecule has 110 valence electrons. The van der Waals surface area contributed by atoms with Gasteiger partial charge < -0.3 is 10.4 Å². The van der Waals surface area contributed by atoms with Crippen molar-refractivity contribution >= 4 is 21.5 Å². The Morgan fingerprint density at radius 3 is 2.10 bits per heavy atom. The fourth-order valence-corrected chi connectivity index (χ4v) is 2.42. The van der Waals surface area contributed by atoms with Crippen LogP contribution in [0.5, 0.6) is 0 Å². The van der Waals surface area contributed by atoms with Crippen molar-refractivity contribution in [3.05, 3.63) is 59.7 Å². The maximum Gasteiger partial charge on any atom is 0.335 e. The highest BCUT2D eigenvalue weighted by Gasteiger charge is 2.06. The summed E-state index contributed by atoms with van der Waals surface area (Å²) in [5, 5.41) is 12.0. The lowest BCUT2D eigenvalue weighted by molar-refractivity contribution is 0.0697. The monoisotopic (exact) mass is 305 g/mol. The van der Waals surface area contributed by atoms with Crippen molar-refractivity contribution in [1.82, 2.24) is 0 Å². The van der Waals surface area contributed by atoms with Gasteiger partial charge in [0.15, 0.2) is 9.84 Å². The summed E-state index contributed by atoms with van der Waals surface area (Å²) < 4.78 is 22.7. The van der Waals surface area contributed by atoms with E-state index in [2.05, 4.69) is 5.32 Å². The zero-order valence-electron chi connectivity index (χ0n) is 11.4. The van der Waals surface area contributed by atoms with Crippen LogP contribution in [0.25, 0.3) is 0 Å². The molecule has 0 spiro atoms. The standard InChI is InChI=1S/C15H15NO4S/c1-21(19,20)14-8-6-13(7-9-14)16-10-11-2-4-12(5-3-11)15(17)18/h2-9,16H,10H2,1H3,(H,17,18). The summed E-state index contributed by atoms with van der Waals surface area (Å²) >= 11 is 0. The van der Waals surface area contributed by atoms with Crippen molar-refractivity contribution < 1.29 is 18.3 Å². The van der Waals surface area contributed by atoms with Crippen molar-refractivity contribution in [2.45, 2.75) is 11.4 Å². The Balaban J connectivity index is 2.01.